The minimum absolute atomic E-state index is 0.115. The Kier molecular flexibility index (Phi) is 5.49. The summed E-state index contributed by atoms with van der Waals surface area (Å²) in [7, 11) is -3.85. The van der Waals surface area contributed by atoms with Crippen molar-refractivity contribution in [3.8, 4) is 0 Å². The van der Waals surface area contributed by atoms with E-state index in [1.54, 1.807) is 18.2 Å². The maximum atomic E-state index is 13.2. The van der Waals surface area contributed by atoms with Crippen LogP contribution in [0, 0.1) is 0 Å². The fourth-order valence-electron chi connectivity index (χ4n) is 4.00. The summed E-state index contributed by atoms with van der Waals surface area (Å²) >= 11 is 1.97. The molecule has 5 nitrogen and oxygen atoms in total. The first kappa shape index (κ1) is 19.5. The zero-order valence-corrected chi connectivity index (χ0v) is 17.5. The van der Waals surface area contributed by atoms with Crippen LogP contribution in [-0.4, -0.2) is 54.2 Å². The minimum atomic E-state index is -3.85. The summed E-state index contributed by atoms with van der Waals surface area (Å²) in [5, 5.41) is 0.574. The molecule has 2 aromatic carbocycles. The molecule has 2 unspecified atom stereocenters. The summed E-state index contributed by atoms with van der Waals surface area (Å²) in [6, 6.07) is 15.5. The van der Waals surface area contributed by atoms with E-state index in [1.807, 2.05) is 42.1 Å². The number of carbonyl (C=O) groups excluding carboxylic acids is 1. The number of nitrogens with zero attached hydrogens (tertiary/aromatic N) is 2. The Bertz CT molecular complexity index is 963. The second kappa shape index (κ2) is 7.89. The zero-order chi connectivity index (χ0) is 19.7. The Balaban J connectivity index is 1.66. The lowest BCUT2D eigenvalue weighted by molar-refractivity contribution is 0.0819. The molecule has 1 fully saturated rings. The van der Waals surface area contributed by atoms with Crippen LogP contribution in [0.4, 0.5) is 0 Å². The Morgan fingerprint density at radius 3 is 2.54 bits per heavy atom. The summed E-state index contributed by atoms with van der Waals surface area (Å²) in [5.74, 6) is 0.663. The highest BCUT2D eigenvalue weighted by atomic mass is 32.2. The fraction of sp³-hybridized carbons (Fsp3) is 0.381. The molecule has 2 atom stereocenters. The number of hydrogen-bond acceptors (Lipinski definition) is 5. The molecule has 1 amide bonds. The Labute approximate surface area is 170 Å². The Morgan fingerprint density at radius 2 is 1.82 bits per heavy atom. The van der Waals surface area contributed by atoms with E-state index in [9.17, 15) is 13.2 Å². The average Bonchev–Trinajstić information content (AvgIpc) is 2.90. The van der Waals surface area contributed by atoms with Gasteiger partial charge in [-0.25, -0.2) is 12.7 Å². The van der Waals surface area contributed by atoms with Gasteiger partial charge in [0, 0.05) is 30.6 Å². The molecule has 0 spiro atoms. The first-order valence-corrected chi connectivity index (χ1v) is 12.0. The zero-order valence-electron chi connectivity index (χ0n) is 15.8. The minimum Gasteiger partial charge on any atom is -0.301 e. The van der Waals surface area contributed by atoms with Crippen molar-refractivity contribution in [2.45, 2.75) is 29.5 Å². The lowest BCUT2D eigenvalue weighted by Gasteiger charge is -2.33. The highest BCUT2D eigenvalue weighted by Gasteiger charge is 2.45. The predicted molar refractivity (Wildman–Crippen MR) is 112 cm³/mol. The Morgan fingerprint density at radius 1 is 1.11 bits per heavy atom. The first-order chi connectivity index (χ1) is 13.5. The molecule has 0 N–H and O–H groups in total. The van der Waals surface area contributed by atoms with Gasteiger partial charge in [0.15, 0.2) is 0 Å². The van der Waals surface area contributed by atoms with Crippen molar-refractivity contribution in [3.63, 3.8) is 0 Å². The van der Waals surface area contributed by atoms with Gasteiger partial charge in [-0.3, -0.25) is 4.79 Å². The third-order valence-electron chi connectivity index (χ3n) is 5.37. The maximum absolute atomic E-state index is 13.2. The molecule has 0 aliphatic carbocycles. The SMILES string of the molecule is CC1CN(CCC(c2ccccc2)N2C(=O)c3ccccc3S2(=O)=O)CCS1. The summed E-state index contributed by atoms with van der Waals surface area (Å²) < 4.78 is 27.5. The number of carbonyl (C=O) groups is 1. The second-order valence-electron chi connectivity index (χ2n) is 7.30. The smallest absolute Gasteiger partial charge is 0.269 e. The van der Waals surface area contributed by atoms with Crippen molar-refractivity contribution in [3.05, 3.63) is 65.7 Å². The molecule has 1 saturated heterocycles. The molecule has 4 rings (SSSR count). The fourth-order valence-corrected chi connectivity index (χ4v) is 6.86. The number of amides is 1. The molecule has 7 heteroatoms. The molecule has 0 radical (unpaired) electrons. The molecule has 2 aliphatic rings. The van der Waals surface area contributed by atoms with Crippen LogP contribution in [0.25, 0.3) is 0 Å². The third kappa shape index (κ3) is 3.58. The number of benzene rings is 2. The number of fused-ring (bicyclic) bond motifs is 1. The van der Waals surface area contributed by atoms with Gasteiger partial charge in [-0.05, 0) is 24.1 Å². The van der Waals surface area contributed by atoms with E-state index in [1.165, 1.54) is 6.07 Å². The maximum Gasteiger partial charge on any atom is 0.269 e. The molecule has 148 valence electrons. The van der Waals surface area contributed by atoms with E-state index in [0.29, 0.717) is 11.7 Å². The quantitative estimate of drug-likeness (QED) is 0.748. The van der Waals surface area contributed by atoms with Crippen molar-refractivity contribution in [1.82, 2.24) is 9.21 Å². The van der Waals surface area contributed by atoms with Gasteiger partial charge < -0.3 is 4.90 Å². The second-order valence-corrected chi connectivity index (χ2v) is 10.6. The standard InChI is InChI=1S/C21H24N2O3S2/c1-16-15-22(13-14-27-16)12-11-19(17-7-3-2-4-8-17)23-21(24)18-9-5-6-10-20(18)28(23,25)26/h2-10,16,19H,11-15H2,1H3. The highest BCUT2D eigenvalue weighted by molar-refractivity contribution is 8.00. The van der Waals surface area contributed by atoms with Crippen LogP contribution in [0.2, 0.25) is 0 Å². The van der Waals surface area contributed by atoms with E-state index in [2.05, 4.69) is 11.8 Å². The van der Waals surface area contributed by atoms with Crippen LogP contribution >= 0.6 is 11.8 Å². The molecule has 0 bridgehead atoms. The third-order valence-corrected chi connectivity index (χ3v) is 8.35. The number of sulfonamides is 1. The van der Waals surface area contributed by atoms with Gasteiger partial charge in [0.1, 0.15) is 4.90 Å². The van der Waals surface area contributed by atoms with Crippen molar-refractivity contribution < 1.29 is 13.2 Å². The van der Waals surface area contributed by atoms with Crippen LogP contribution in [0.1, 0.15) is 35.3 Å². The van der Waals surface area contributed by atoms with Gasteiger partial charge in [0.05, 0.1) is 11.6 Å². The molecular weight excluding hydrogens is 392 g/mol. The molecule has 0 aromatic heterocycles. The summed E-state index contributed by atoms with van der Waals surface area (Å²) in [6.07, 6.45) is 0.584. The normalized spacial score (nSPS) is 22.8. The molecule has 2 aromatic rings. The van der Waals surface area contributed by atoms with Crippen molar-refractivity contribution in [2.24, 2.45) is 0 Å². The number of thioether (sulfide) groups is 1. The van der Waals surface area contributed by atoms with Crippen LogP contribution in [-0.2, 0) is 10.0 Å². The van der Waals surface area contributed by atoms with Crippen LogP contribution in [0.15, 0.2) is 59.5 Å². The van der Waals surface area contributed by atoms with Gasteiger partial charge in [-0.1, -0.05) is 49.4 Å². The van der Waals surface area contributed by atoms with E-state index in [-0.39, 0.29) is 10.5 Å². The lowest BCUT2D eigenvalue weighted by Crippen LogP contribution is -2.40. The molecule has 0 saturated carbocycles. The first-order valence-electron chi connectivity index (χ1n) is 9.55. The van der Waals surface area contributed by atoms with Crippen LogP contribution in [0.5, 0.6) is 0 Å². The van der Waals surface area contributed by atoms with Crippen molar-refractivity contribution >= 4 is 27.7 Å². The Hall–Kier alpha value is -1.83. The van der Waals surface area contributed by atoms with E-state index in [4.69, 9.17) is 0 Å². The van der Waals surface area contributed by atoms with Gasteiger partial charge >= 0.3 is 0 Å². The van der Waals surface area contributed by atoms with E-state index >= 15 is 0 Å². The van der Waals surface area contributed by atoms with Crippen molar-refractivity contribution in [2.75, 3.05) is 25.4 Å². The van der Waals surface area contributed by atoms with Crippen LogP contribution < -0.4 is 0 Å². The molecule has 2 heterocycles. The summed E-state index contributed by atoms with van der Waals surface area (Å²) in [6.45, 7) is 4.97. The predicted octanol–water partition coefficient (Wildman–Crippen LogP) is 3.40. The monoisotopic (exact) mass is 416 g/mol. The van der Waals surface area contributed by atoms with E-state index in [0.717, 1.165) is 35.3 Å². The molecular formula is C21H24N2O3S2. The van der Waals surface area contributed by atoms with Gasteiger partial charge in [0.2, 0.25) is 0 Å². The van der Waals surface area contributed by atoms with Gasteiger partial charge in [-0.2, -0.15) is 11.8 Å². The van der Waals surface area contributed by atoms with Gasteiger partial charge in [-0.15, -0.1) is 0 Å². The summed E-state index contributed by atoms with van der Waals surface area (Å²) in [5.41, 5.74) is 1.12. The van der Waals surface area contributed by atoms with Crippen LogP contribution in [0.3, 0.4) is 0 Å². The van der Waals surface area contributed by atoms with Gasteiger partial charge in [0.25, 0.3) is 15.9 Å². The highest BCUT2D eigenvalue weighted by Crippen LogP contribution is 2.38. The summed E-state index contributed by atoms with van der Waals surface area (Å²) in [4.78, 5) is 15.5. The lowest BCUT2D eigenvalue weighted by atomic mass is 10.0. The largest absolute Gasteiger partial charge is 0.301 e. The number of rotatable bonds is 5. The molecule has 2 aliphatic heterocycles. The van der Waals surface area contributed by atoms with E-state index < -0.39 is 22.0 Å². The van der Waals surface area contributed by atoms with Crippen molar-refractivity contribution in [1.29, 1.82) is 0 Å². The topological polar surface area (TPSA) is 57.7 Å². The molecule has 28 heavy (non-hydrogen) atoms. The average molecular weight is 417 g/mol. The number of hydrogen-bond donors (Lipinski definition) is 0.